The minimum Gasteiger partial charge on any atom is -0.476 e. The summed E-state index contributed by atoms with van der Waals surface area (Å²) in [5.41, 5.74) is 2.70. The highest BCUT2D eigenvalue weighted by Crippen LogP contribution is 2.41. The summed E-state index contributed by atoms with van der Waals surface area (Å²) < 4.78 is 7.42. The Morgan fingerprint density at radius 1 is 1.38 bits per heavy atom. The van der Waals surface area contributed by atoms with E-state index in [0.29, 0.717) is 18.0 Å². The highest BCUT2D eigenvalue weighted by molar-refractivity contribution is 5.87. The molecule has 1 atom stereocenters. The third kappa shape index (κ3) is 3.21. The van der Waals surface area contributed by atoms with E-state index >= 15 is 0 Å². The van der Waals surface area contributed by atoms with Crippen LogP contribution in [0.1, 0.15) is 53.8 Å². The minimum atomic E-state index is -0.913. The van der Waals surface area contributed by atoms with Crippen LogP contribution in [0.2, 0.25) is 0 Å². The summed E-state index contributed by atoms with van der Waals surface area (Å²) in [4.78, 5) is 14.3. The standard InChI is InChI=1S/C20H29N3O3/c1-2-9-23-17-5-4-15(13-16(17)18(21-23)19(24)25)22-10-3-6-20(14-22)7-11-26-12-8-20/h2,15H,1,3-14H2,(H,24,25)/t15-/m1/s1. The molecular formula is C20H29N3O3. The molecule has 4 rings (SSSR count). The van der Waals surface area contributed by atoms with Crippen LogP contribution in [0.15, 0.2) is 12.7 Å². The summed E-state index contributed by atoms with van der Waals surface area (Å²) in [5.74, 6) is -0.913. The molecule has 0 bridgehead atoms. The fourth-order valence-corrected chi connectivity index (χ4v) is 5.20. The highest BCUT2D eigenvalue weighted by Gasteiger charge is 2.40. The van der Waals surface area contributed by atoms with Crippen molar-refractivity contribution in [2.24, 2.45) is 5.41 Å². The molecule has 26 heavy (non-hydrogen) atoms. The number of piperidine rings is 1. The summed E-state index contributed by atoms with van der Waals surface area (Å²) >= 11 is 0. The van der Waals surface area contributed by atoms with Crippen molar-refractivity contribution in [2.45, 2.75) is 57.5 Å². The van der Waals surface area contributed by atoms with Gasteiger partial charge in [-0.3, -0.25) is 9.58 Å². The molecule has 0 radical (unpaired) electrons. The lowest BCUT2D eigenvalue weighted by molar-refractivity contribution is -0.0387. The van der Waals surface area contributed by atoms with Gasteiger partial charge in [-0.2, -0.15) is 5.10 Å². The Bertz CT molecular complexity index is 685. The van der Waals surface area contributed by atoms with Crippen LogP contribution in [0.4, 0.5) is 0 Å². The number of hydrogen-bond acceptors (Lipinski definition) is 4. The minimum absolute atomic E-state index is 0.240. The van der Waals surface area contributed by atoms with Crippen molar-refractivity contribution in [1.82, 2.24) is 14.7 Å². The number of carbonyl (C=O) groups is 1. The normalized spacial score (nSPS) is 25.8. The molecule has 1 aromatic heterocycles. The van der Waals surface area contributed by atoms with Crippen LogP contribution >= 0.6 is 0 Å². The molecule has 0 unspecified atom stereocenters. The Hall–Kier alpha value is -1.66. The lowest BCUT2D eigenvalue weighted by atomic mass is 9.73. The predicted molar refractivity (Wildman–Crippen MR) is 98.5 cm³/mol. The number of nitrogens with zero attached hydrogens (tertiary/aromatic N) is 3. The molecule has 1 aliphatic carbocycles. The topological polar surface area (TPSA) is 67.6 Å². The summed E-state index contributed by atoms with van der Waals surface area (Å²) in [6, 6.07) is 0.432. The molecule has 1 N–H and O–H groups in total. The second-order valence-electron chi connectivity index (χ2n) is 8.13. The van der Waals surface area contributed by atoms with Crippen LogP contribution in [0, 0.1) is 5.41 Å². The Balaban J connectivity index is 1.54. The second kappa shape index (κ2) is 7.16. The van der Waals surface area contributed by atoms with Crippen molar-refractivity contribution < 1.29 is 14.6 Å². The average molecular weight is 359 g/mol. The average Bonchev–Trinajstić information content (AvgIpc) is 3.01. The van der Waals surface area contributed by atoms with Crippen molar-refractivity contribution >= 4 is 5.97 Å². The number of allylic oxidation sites excluding steroid dienone is 1. The number of ether oxygens (including phenoxy) is 1. The molecule has 0 aromatic carbocycles. The smallest absolute Gasteiger partial charge is 0.356 e. The van der Waals surface area contributed by atoms with Gasteiger partial charge >= 0.3 is 5.97 Å². The maximum absolute atomic E-state index is 11.7. The van der Waals surface area contributed by atoms with Gasteiger partial charge in [0, 0.05) is 37.1 Å². The van der Waals surface area contributed by atoms with E-state index in [1.807, 2.05) is 4.68 Å². The maximum atomic E-state index is 11.7. The monoisotopic (exact) mass is 359 g/mol. The first-order valence-electron chi connectivity index (χ1n) is 9.86. The van der Waals surface area contributed by atoms with Gasteiger partial charge in [-0.1, -0.05) is 6.08 Å². The van der Waals surface area contributed by atoms with Gasteiger partial charge in [0.2, 0.25) is 0 Å². The highest BCUT2D eigenvalue weighted by atomic mass is 16.5. The van der Waals surface area contributed by atoms with Crippen molar-refractivity contribution in [1.29, 1.82) is 0 Å². The number of aromatic carboxylic acids is 1. The zero-order valence-corrected chi connectivity index (χ0v) is 15.5. The van der Waals surface area contributed by atoms with Crippen LogP contribution in [0.25, 0.3) is 0 Å². The lowest BCUT2D eigenvalue weighted by Crippen LogP contribution is -2.51. The Morgan fingerprint density at radius 2 is 2.19 bits per heavy atom. The van der Waals surface area contributed by atoms with Gasteiger partial charge in [0.05, 0.1) is 6.54 Å². The number of carboxylic acids is 1. The molecule has 3 heterocycles. The maximum Gasteiger partial charge on any atom is 0.356 e. The van der Waals surface area contributed by atoms with Crippen molar-refractivity contribution in [3.05, 3.63) is 29.6 Å². The predicted octanol–water partition coefficient (Wildman–Crippen LogP) is 2.52. The number of hydrogen-bond donors (Lipinski definition) is 1. The molecule has 6 nitrogen and oxygen atoms in total. The molecule has 6 heteroatoms. The summed E-state index contributed by atoms with van der Waals surface area (Å²) in [6.07, 6.45) is 9.46. The third-order valence-corrected chi connectivity index (χ3v) is 6.59. The fourth-order valence-electron chi connectivity index (χ4n) is 5.20. The Labute approximate surface area is 154 Å². The van der Waals surface area contributed by atoms with Gasteiger partial charge in [0.25, 0.3) is 0 Å². The van der Waals surface area contributed by atoms with Gasteiger partial charge < -0.3 is 9.84 Å². The Kier molecular flexibility index (Phi) is 4.88. The van der Waals surface area contributed by atoms with Gasteiger partial charge in [-0.15, -0.1) is 6.58 Å². The molecule has 2 saturated heterocycles. The first kappa shape index (κ1) is 17.7. The van der Waals surface area contributed by atoms with E-state index in [0.717, 1.165) is 56.8 Å². The summed E-state index contributed by atoms with van der Waals surface area (Å²) in [5, 5.41) is 13.9. The molecule has 142 valence electrons. The van der Waals surface area contributed by atoms with Gasteiger partial charge in [0.15, 0.2) is 5.69 Å². The summed E-state index contributed by atoms with van der Waals surface area (Å²) in [7, 11) is 0. The number of aromatic nitrogens is 2. The first-order valence-corrected chi connectivity index (χ1v) is 9.86. The number of rotatable bonds is 4. The fraction of sp³-hybridized carbons (Fsp3) is 0.700. The molecule has 0 saturated carbocycles. The number of carboxylic acid groups (broad SMARTS) is 1. The number of likely N-dealkylation sites (tertiary alicyclic amines) is 1. The van der Waals surface area contributed by atoms with Crippen molar-refractivity contribution in [3.63, 3.8) is 0 Å². The van der Waals surface area contributed by atoms with Crippen molar-refractivity contribution in [2.75, 3.05) is 26.3 Å². The van der Waals surface area contributed by atoms with E-state index in [9.17, 15) is 9.90 Å². The van der Waals surface area contributed by atoms with E-state index in [4.69, 9.17) is 4.74 Å². The molecule has 3 aliphatic rings. The third-order valence-electron chi connectivity index (χ3n) is 6.59. The van der Waals surface area contributed by atoms with E-state index in [2.05, 4.69) is 16.6 Å². The molecule has 2 aliphatic heterocycles. The quantitative estimate of drug-likeness (QED) is 0.837. The first-order chi connectivity index (χ1) is 12.6. The van der Waals surface area contributed by atoms with E-state index < -0.39 is 5.97 Å². The molecule has 1 spiro atoms. The zero-order chi connectivity index (χ0) is 18.1. The largest absolute Gasteiger partial charge is 0.476 e. The van der Waals surface area contributed by atoms with E-state index in [-0.39, 0.29) is 5.69 Å². The molecular weight excluding hydrogens is 330 g/mol. The lowest BCUT2D eigenvalue weighted by Gasteiger charge is -2.48. The van der Waals surface area contributed by atoms with Crippen molar-refractivity contribution in [3.8, 4) is 0 Å². The molecule has 1 aromatic rings. The van der Waals surface area contributed by atoms with Gasteiger partial charge in [-0.05, 0) is 56.9 Å². The van der Waals surface area contributed by atoms with Crippen LogP contribution < -0.4 is 0 Å². The van der Waals surface area contributed by atoms with Gasteiger partial charge in [0.1, 0.15) is 0 Å². The van der Waals surface area contributed by atoms with Crippen LogP contribution in [0.3, 0.4) is 0 Å². The SMILES string of the molecule is C=CCn1nc(C(=O)O)c2c1CC[C@@H](N1CCCC3(CCOCC3)C1)C2. The second-order valence-corrected chi connectivity index (χ2v) is 8.13. The zero-order valence-electron chi connectivity index (χ0n) is 15.5. The summed E-state index contributed by atoms with van der Waals surface area (Å²) in [6.45, 7) is 8.39. The number of fused-ring (bicyclic) bond motifs is 1. The van der Waals surface area contributed by atoms with Crippen LogP contribution in [0.5, 0.6) is 0 Å². The van der Waals surface area contributed by atoms with E-state index in [1.165, 1.54) is 25.7 Å². The molecule has 2 fully saturated rings. The molecule has 0 amide bonds. The van der Waals surface area contributed by atoms with Gasteiger partial charge in [-0.25, -0.2) is 4.79 Å². The van der Waals surface area contributed by atoms with E-state index in [1.54, 1.807) is 6.08 Å². The Morgan fingerprint density at radius 3 is 2.92 bits per heavy atom. The van der Waals surface area contributed by atoms with Crippen LogP contribution in [-0.2, 0) is 24.1 Å². The van der Waals surface area contributed by atoms with Crippen LogP contribution in [-0.4, -0.2) is 58.1 Å².